The second-order valence-electron chi connectivity index (χ2n) is 3.19. The Morgan fingerprint density at radius 3 is 2.56 bits per heavy atom. The molecule has 2 aromatic rings. The van der Waals surface area contributed by atoms with Gasteiger partial charge in [-0.05, 0) is 6.07 Å². The first-order valence-corrected chi connectivity index (χ1v) is 5.68. The van der Waals surface area contributed by atoms with Crippen LogP contribution in [0.2, 0.25) is 0 Å². The number of anilines is 1. The number of nitrogens with one attached hydrogen (secondary N) is 2. The number of hydrogen-bond donors (Lipinski definition) is 2. The second kappa shape index (κ2) is 9.53. The van der Waals surface area contributed by atoms with E-state index in [2.05, 4.69) is 16.7 Å². The molecule has 0 fully saturated rings. The topological polar surface area (TPSA) is 41.1 Å². The van der Waals surface area contributed by atoms with Crippen molar-refractivity contribution in [3.8, 4) is 0 Å². The van der Waals surface area contributed by atoms with E-state index < -0.39 is 0 Å². The van der Waals surface area contributed by atoms with Gasteiger partial charge < -0.3 is 10.6 Å². The Balaban J connectivity index is 0.000000917. The van der Waals surface area contributed by atoms with Gasteiger partial charge in [0.05, 0.1) is 0 Å². The minimum Gasteiger partial charge on any atom is -0.341 e. The predicted molar refractivity (Wildman–Crippen MR) is 72.2 cm³/mol. The van der Waals surface area contributed by atoms with E-state index in [0.29, 0.717) is 0 Å². The van der Waals surface area contributed by atoms with Crippen molar-refractivity contribution in [3.63, 3.8) is 0 Å². The fourth-order valence-electron chi connectivity index (χ4n) is 1.40. The molecule has 2 amide bonds. The van der Waals surface area contributed by atoms with Gasteiger partial charge in [0.2, 0.25) is 0 Å². The van der Waals surface area contributed by atoms with Crippen LogP contribution < -0.4 is 62.0 Å². The summed E-state index contributed by atoms with van der Waals surface area (Å²) in [4.78, 5) is 11.1. The standard InChI is InChI=1S/C12H11N2O.C2H6.K/c1-13-12(15)14-11-7-6-9-4-2-3-5-10(9)8-11;1-2;/h2,4-8H,1H3,(H2,13,14,15);1-2H3;/q-1;;+1. The van der Waals surface area contributed by atoms with Crippen molar-refractivity contribution in [3.05, 3.63) is 42.5 Å². The average molecular weight is 268 g/mol. The molecular formula is C14H17KN2O. The summed E-state index contributed by atoms with van der Waals surface area (Å²) in [7, 11) is 1.59. The molecule has 0 aromatic heterocycles. The van der Waals surface area contributed by atoms with Crippen LogP contribution in [0.15, 0.2) is 36.4 Å². The molecule has 0 heterocycles. The Morgan fingerprint density at radius 1 is 1.17 bits per heavy atom. The fourth-order valence-corrected chi connectivity index (χ4v) is 1.40. The molecular weight excluding hydrogens is 251 g/mol. The molecule has 0 saturated carbocycles. The van der Waals surface area contributed by atoms with Crippen LogP contribution in [0.3, 0.4) is 0 Å². The molecule has 0 atom stereocenters. The van der Waals surface area contributed by atoms with Crippen LogP contribution >= 0.6 is 0 Å². The quantitative estimate of drug-likeness (QED) is 0.571. The third kappa shape index (κ3) is 5.08. The maximum Gasteiger partial charge on any atom is 1.00 e. The van der Waals surface area contributed by atoms with E-state index in [9.17, 15) is 4.79 Å². The van der Waals surface area contributed by atoms with Crippen molar-refractivity contribution < 1.29 is 56.2 Å². The molecule has 0 aliphatic rings. The van der Waals surface area contributed by atoms with Crippen LogP contribution in [0.1, 0.15) is 13.8 Å². The van der Waals surface area contributed by atoms with E-state index in [1.165, 1.54) is 0 Å². The summed E-state index contributed by atoms with van der Waals surface area (Å²) in [5, 5.41) is 7.42. The minimum absolute atomic E-state index is 0. The maximum atomic E-state index is 11.1. The Bertz CT molecular complexity index is 500. The maximum absolute atomic E-state index is 11.1. The molecule has 0 saturated heterocycles. The molecule has 0 radical (unpaired) electrons. The Labute approximate surface area is 151 Å². The van der Waals surface area contributed by atoms with Gasteiger partial charge in [-0.3, -0.25) is 0 Å². The molecule has 18 heavy (non-hydrogen) atoms. The monoisotopic (exact) mass is 268 g/mol. The SMILES string of the molecule is CC.CNC(=O)Nc1ccc2cc[c-]cc2c1.[K+]. The zero-order valence-corrected chi connectivity index (χ0v) is 14.5. The number of carbonyl (C=O) groups is 1. The van der Waals surface area contributed by atoms with Gasteiger partial charge >= 0.3 is 57.4 Å². The molecule has 4 heteroatoms. The van der Waals surface area contributed by atoms with Gasteiger partial charge in [0.1, 0.15) is 0 Å². The Hall–Kier alpha value is -0.394. The molecule has 0 unspecified atom stereocenters. The molecule has 0 aliphatic heterocycles. The van der Waals surface area contributed by atoms with Crippen LogP contribution in [0, 0.1) is 6.07 Å². The first kappa shape index (κ1) is 17.6. The Morgan fingerprint density at radius 2 is 1.89 bits per heavy atom. The van der Waals surface area contributed by atoms with Gasteiger partial charge in [-0.25, -0.2) is 4.79 Å². The van der Waals surface area contributed by atoms with E-state index in [-0.39, 0.29) is 57.4 Å². The van der Waals surface area contributed by atoms with Gasteiger partial charge in [-0.2, -0.15) is 24.3 Å². The molecule has 90 valence electrons. The van der Waals surface area contributed by atoms with Gasteiger partial charge in [0.15, 0.2) is 0 Å². The first-order chi connectivity index (χ1) is 8.29. The number of benzene rings is 2. The summed E-state index contributed by atoms with van der Waals surface area (Å²) in [5.74, 6) is 0. The number of amides is 2. The zero-order valence-electron chi connectivity index (χ0n) is 11.4. The minimum atomic E-state index is -0.214. The van der Waals surface area contributed by atoms with Gasteiger partial charge in [-0.1, -0.05) is 26.0 Å². The number of hydrogen-bond acceptors (Lipinski definition) is 1. The molecule has 2 rings (SSSR count). The normalized spacial score (nSPS) is 8.61. The van der Waals surface area contributed by atoms with Crippen molar-refractivity contribution in [2.24, 2.45) is 0 Å². The van der Waals surface area contributed by atoms with Crippen LogP contribution in [0.4, 0.5) is 10.5 Å². The van der Waals surface area contributed by atoms with Gasteiger partial charge in [0.25, 0.3) is 0 Å². The molecule has 0 spiro atoms. The molecule has 0 bridgehead atoms. The van der Waals surface area contributed by atoms with E-state index >= 15 is 0 Å². The largest absolute Gasteiger partial charge is 1.00 e. The van der Waals surface area contributed by atoms with Crippen molar-refractivity contribution in [2.75, 3.05) is 12.4 Å². The molecule has 2 aromatic carbocycles. The summed E-state index contributed by atoms with van der Waals surface area (Å²) >= 11 is 0. The van der Waals surface area contributed by atoms with Crippen LogP contribution in [-0.2, 0) is 0 Å². The zero-order chi connectivity index (χ0) is 12.7. The number of rotatable bonds is 1. The van der Waals surface area contributed by atoms with Crippen LogP contribution in [0.25, 0.3) is 10.8 Å². The second-order valence-corrected chi connectivity index (χ2v) is 3.19. The summed E-state index contributed by atoms with van der Waals surface area (Å²) in [5.41, 5.74) is 0.779. The van der Waals surface area contributed by atoms with E-state index in [1.54, 1.807) is 7.05 Å². The number of urea groups is 1. The van der Waals surface area contributed by atoms with E-state index in [0.717, 1.165) is 16.5 Å². The fraction of sp³-hybridized carbons (Fsp3) is 0.214. The van der Waals surface area contributed by atoms with Gasteiger partial charge in [0, 0.05) is 12.7 Å². The molecule has 0 aliphatic carbocycles. The summed E-state index contributed by atoms with van der Waals surface area (Å²) in [6.45, 7) is 4.00. The predicted octanol–water partition coefficient (Wildman–Crippen LogP) is 0.421. The van der Waals surface area contributed by atoms with Crippen molar-refractivity contribution in [1.29, 1.82) is 0 Å². The molecule has 3 nitrogen and oxygen atoms in total. The Kier molecular flexibility index (Phi) is 9.32. The summed E-state index contributed by atoms with van der Waals surface area (Å²) in [6, 6.07) is 14.3. The first-order valence-electron chi connectivity index (χ1n) is 5.68. The summed E-state index contributed by atoms with van der Waals surface area (Å²) in [6.07, 6.45) is 0. The van der Waals surface area contributed by atoms with Gasteiger partial charge in [-0.15, -0.1) is 10.8 Å². The smallest absolute Gasteiger partial charge is 0.341 e. The van der Waals surface area contributed by atoms with Crippen molar-refractivity contribution >= 4 is 22.5 Å². The van der Waals surface area contributed by atoms with Crippen molar-refractivity contribution in [1.82, 2.24) is 5.32 Å². The average Bonchev–Trinajstić information content (AvgIpc) is 2.41. The van der Waals surface area contributed by atoms with E-state index in [1.807, 2.05) is 50.2 Å². The van der Waals surface area contributed by atoms with Crippen molar-refractivity contribution in [2.45, 2.75) is 13.8 Å². The molecule has 2 N–H and O–H groups in total. The number of fused-ring (bicyclic) bond motifs is 1. The number of carbonyl (C=O) groups excluding carboxylic acids is 1. The van der Waals surface area contributed by atoms with E-state index in [4.69, 9.17) is 0 Å². The third-order valence-electron chi connectivity index (χ3n) is 2.17. The van der Waals surface area contributed by atoms with Crippen LogP contribution in [0.5, 0.6) is 0 Å². The van der Waals surface area contributed by atoms with Crippen LogP contribution in [-0.4, -0.2) is 13.1 Å². The summed E-state index contributed by atoms with van der Waals surface area (Å²) < 4.78 is 0. The third-order valence-corrected chi connectivity index (χ3v) is 2.17.